The van der Waals surface area contributed by atoms with Gasteiger partial charge in [0.2, 0.25) is 0 Å². The van der Waals surface area contributed by atoms with Crippen molar-refractivity contribution in [2.45, 2.75) is 46.1 Å². The summed E-state index contributed by atoms with van der Waals surface area (Å²) in [4.78, 5) is 20.0. The third kappa shape index (κ3) is 7.01. The summed E-state index contributed by atoms with van der Waals surface area (Å²) in [5, 5.41) is 2.71. The van der Waals surface area contributed by atoms with Crippen LogP contribution < -0.4 is 9.50 Å². The predicted octanol–water partition coefficient (Wildman–Crippen LogP) is 2.82. The summed E-state index contributed by atoms with van der Waals surface area (Å²) in [6.07, 6.45) is 2.29. The van der Waals surface area contributed by atoms with E-state index in [0.717, 1.165) is 12.0 Å². The van der Waals surface area contributed by atoms with Gasteiger partial charge < -0.3 is 14.2 Å². The molecule has 0 aliphatic heterocycles. The van der Waals surface area contributed by atoms with E-state index < -0.39 is 21.8 Å². The summed E-state index contributed by atoms with van der Waals surface area (Å²) in [7, 11) is -3.64. The van der Waals surface area contributed by atoms with E-state index in [-0.39, 0.29) is 11.6 Å². The van der Waals surface area contributed by atoms with Gasteiger partial charge in [0.15, 0.2) is 0 Å². The van der Waals surface area contributed by atoms with Crippen molar-refractivity contribution in [2.75, 3.05) is 12.3 Å². The molecule has 2 rings (SSSR count). The molecular formula is C18H25N3O5S. The topological polar surface area (TPSA) is 107 Å². The standard InChI is InChI=1S/C18H25N3O5S/c1-5-27(23,24)26-16-12-20-14-9-8-13(11-15(14)21-16)7-6-10-19-17(22)25-18(2,3)4/h8-9,11-12H,5-7,10H2,1-4H3,(H,19,22). The number of fused-ring (bicyclic) bond motifs is 1. The monoisotopic (exact) mass is 395 g/mol. The van der Waals surface area contributed by atoms with Crippen molar-refractivity contribution < 1.29 is 22.1 Å². The van der Waals surface area contributed by atoms with Crippen LogP contribution in [-0.2, 0) is 21.3 Å². The highest BCUT2D eigenvalue weighted by molar-refractivity contribution is 7.87. The maximum Gasteiger partial charge on any atom is 0.407 e. The van der Waals surface area contributed by atoms with Gasteiger partial charge in [-0.15, -0.1) is 0 Å². The Labute approximate surface area is 159 Å². The number of ether oxygens (including phenoxy) is 1. The lowest BCUT2D eigenvalue weighted by Crippen LogP contribution is -2.33. The van der Waals surface area contributed by atoms with Gasteiger partial charge in [-0.05, 0) is 58.2 Å². The van der Waals surface area contributed by atoms with Crippen molar-refractivity contribution in [3.8, 4) is 5.88 Å². The Morgan fingerprint density at radius 3 is 2.63 bits per heavy atom. The van der Waals surface area contributed by atoms with E-state index in [1.54, 1.807) is 0 Å². The fourth-order valence-electron chi connectivity index (χ4n) is 2.22. The number of nitrogens with one attached hydrogen (secondary N) is 1. The van der Waals surface area contributed by atoms with Crippen LogP contribution in [0.5, 0.6) is 5.88 Å². The molecule has 2 aromatic rings. The zero-order chi connectivity index (χ0) is 20.1. The first kappa shape index (κ1) is 20.9. The maximum absolute atomic E-state index is 11.6. The second-order valence-corrected chi connectivity index (χ2v) is 8.85. The van der Waals surface area contributed by atoms with Crippen molar-refractivity contribution in [3.05, 3.63) is 30.0 Å². The van der Waals surface area contributed by atoms with Gasteiger partial charge in [-0.25, -0.2) is 14.8 Å². The second-order valence-electron chi connectivity index (χ2n) is 6.99. The lowest BCUT2D eigenvalue weighted by molar-refractivity contribution is 0.0527. The fourth-order valence-corrected chi connectivity index (χ4v) is 2.68. The summed E-state index contributed by atoms with van der Waals surface area (Å²) < 4.78 is 33.2. The zero-order valence-corrected chi connectivity index (χ0v) is 16.8. The summed E-state index contributed by atoms with van der Waals surface area (Å²) in [6.45, 7) is 7.41. The van der Waals surface area contributed by atoms with Gasteiger partial charge in [0, 0.05) is 6.54 Å². The number of amides is 1. The van der Waals surface area contributed by atoms with Gasteiger partial charge in [-0.1, -0.05) is 6.07 Å². The SMILES string of the molecule is CCS(=O)(=O)Oc1cnc2ccc(CCCNC(=O)OC(C)(C)C)cc2n1. The normalized spacial score (nSPS) is 12.0. The zero-order valence-electron chi connectivity index (χ0n) is 16.0. The molecule has 9 heteroatoms. The highest BCUT2D eigenvalue weighted by Crippen LogP contribution is 2.17. The van der Waals surface area contributed by atoms with Crippen LogP contribution in [0.1, 0.15) is 39.7 Å². The van der Waals surface area contributed by atoms with E-state index in [4.69, 9.17) is 8.92 Å². The molecule has 27 heavy (non-hydrogen) atoms. The smallest absolute Gasteiger partial charge is 0.407 e. The second kappa shape index (κ2) is 8.51. The molecule has 1 aromatic heterocycles. The lowest BCUT2D eigenvalue weighted by atomic mass is 10.1. The third-order valence-electron chi connectivity index (χ3n) is 3.46. The first-order valence-electron chi connectivity index (χ1n) is 8.73. The Balaban J connectivity index is 1.96. The van der Waals surface area contributed by atoms with Crippen LogP contribution in [0.25, 0.3) is 11.0 Å². The average Bonchev–Trinajstić information content (AvgIpc) is 2.56. The van der Waals surface area contributed by atoms with E-state index in [2.05, 4.69) is 15.3 Å². The van der Waals surface area contributed by atoms with Crippen LogP contribution in [0.4, 0.5) is 4.79 Å². The molecule has 0 aliphatic carbocycles. The molecule has 0 aliphatic rings. The third-order valence-corrected chi connectivity index (χ3v) is 4.59. The van der Waals surface area contributed by atoms with Gasteiger partial charge in [-0.2, -0.15) is 8.42 Å². The number of carbonyl (C=O) groups is 1. The Kier molecular flexibility index (Phi) is 6.59. The molecule has 148 valence electrons. The van der Waals surface area contributed by atoms with Crippen molar-refractivity contribution >= 4 is 27.2 Å². The van der Waals surface area contributed by atoms with Crippen molar-refractivity contribution in [1.29, 1.82) is 0 Å². The van der Waals surface area contributed by atoms with Crippen LogP contribution >= 0.6 is 0 Å². The van der Waals surface area contributed by atoms with Gasteiger partial charge in [-0.3, -0.25) is 0 Å². The van der Waals surface area contributed by atoms with E-state index in [1.165, 1.54) is 13.1 Å². The van der Waals surface area contributed by atoms with E-state index in [0.29, 0.717) is 24.0 Å². The Hall–Kier alpha value is -2.42. The molecule has 0 saturated heterocycles. The van der Waals surface area contributed by atoms with Crippen molar-refractivity contribution in [2.24, 2.45) is 0 Å². The lowest BCUT2D eigenvalue weighted by Gasteiger charge is -2.19. The minimum Gasteiger partial charge on any atom is -0.444 e. The molecule has 1 heterocycles. The molecule has 0 radical (unpaired) electrons. The molecule has 0 fully saturated rings. The first-order valence-corrected chi connectivity index (χ1v) is 10.3. The number of aromatic nitrogens is 2. The molecule has 0 unspecified atom stereocenters. The maximum atomic E-state index is 11.6. The number of alkyl carbamates (subject to hydrolysis) is 1. The molecule has 0 atom stereocenters. The summed E-state index contributed by atoms with van der Waals surface area (Å²) >= 11 is 0. The number of nitrogens with zero attached hydrogens (tertiary/aromatic N) is 2. The number of benzene rings is 1. The van der Waals surface area contributed by atoms with Gasteiger partial charge in [0.1, 0.15) is 5.60 Å². The van der Waals surface area contributed by atoms with Crippen LogP contribution in [0.15, 0.2) is 24.4 Å². The summed E-state index contributed by atoms with van der Waals surface area (Å²) in [5.41, 5.74) is 1.67. The highest BCUT2D eigenvalue weighted by Gasteiger charge is 2.15. The van der Waals surface area contributed by atoms with E-state index in [9.17, 15) is 13.2 Å². The molecule has 8 nitrogen and oxygen atoms in total. The number of aryl methyl sites for hydroxylation is 1. The van der Waals surface area contributed by atoms with Crippen LogP contribution in [0.2, 0.25) is 0 Å². The van der Waals surface area contributed by atoms with Crippen molar-refractivity contribution in [3.63, 3.8) is 0 Å². The van der Waals surface area contributed by atoms with Gasteiger partial charge >= 0.3 is 16.2 Å². The van der Waals surface area contributed by atoms with Crippen LogP contribution in [0, 0.1) is 0 Å². The molecule has 1 aromatic carbocycles. The molecular weight excluding hydrogens is 370 g/mol. The van der Waals surface area contributed by atoms with E-state index in [1.807, 2.05) is 39.0 Å². The predicted molar refractivity (Wildman–Crippen MR) is 102 cm³/mol. The Morgan fingerprint density at radius 2 is 1.96 bits per heavy atom. The van der Waals surface area contributed by atoms with E-state index >= 15 is 0 Å². The Morgan fingerprint density at radius 1 is 1.22 bits per heavy atom. The number of rotatable bonds is 7. The summed E-state index contributed by atoms with van der Waals surface area (Å²) in [5.74, 6) is -0.190. The number of hydrogen-bond donors (Lipinski definition) is 1. The molecule has 0 bridgehead atoms. The quantitative estimate of drug-likeness (QED) is 0.567. The molecule has 0 saturated carbocycles. The minimum atomic E-state index is -3.64. The minimum absolute atomic E-state index is 0.0481. The fraction of sp³-hybridized carbons (Fsp3) is 0.500. The number of hydrogen-bond acceptors (Lipinski definition) is 7. The summed E-state index contributed by atoms with van der Waals surface area (Å²) in [6, 6.07) is 5.58. The number of carbonyl (C=O) groups excluding carboxylic acids is 1. The first-order chi connectivity index (χ1) is 12.6. The highest BCUT2D eigenvalue weighted by atomic mass is 32.2. The largest absolute Gasteiger partial charge is 0.444 e. The Bertz CT molecular complexity index is 907. The van der Waals surface area contributed by atoms with Gasteiger partial charge in [0.05, 0.1) is 23.0 Å². The molecule has 0 spiro atoms. The molecule has 1 amide bonds. The van der Waals surface area contributed by atoms with Crippen LogP contribution in [-0.4, -0.2) is 42.4 Å². The molecule has 1 N–H and O–H groups in total. The average molecular weight is 395 g/mol. The van der Waals surface area contributed by atoms with Crippen molar-refractivity contribution in [1.82, 2.24) is 15.3 Å². The van der Waals surface area contributed by atoms with Crippen LogP contribution in [0.3, 0.4) is 0 Å². The van der Waals surface area contributed by atoms with Gasteiger partial charge in [0.25, 0.3) is 5.88 Å².